The van der Waals surface area contributed by atoms with Crippen molar-refractivity contribution in [3.05, 3.63) is 132 Å². The normalized spacial score (nSPS) is 11.7. The lowest BCUT2D eigenvalue weighted by atomic mass is 9.95. The molecule has 0 unspecified atom stereocenters. The number of rotatable bonds is 8. The zero-order valence-corrected chi connectivity index (χ0v) is 26.2. The average molecular weight is 702 g/mol. The number of halogens is 4. The second-order valence-electron chi connectivity index (χ2n) is 10.9. The van der Waals surface area contributed by atoms with Crippen LogP contribution in [0.15, 0.2) is 120 Å². The van der Waals surface area contributed by atoms with E-state index < -0.39 is 38.9 Å². The number of carbonyl (C=O) groups excluding carboxylic acids is 2. The minimum absolute atomic E-state index is 0.0244. The molecule has 0 spiro atoms. The smallest absolute Gasteiger partial charge is 0.456 e. The van der Waals surface area contributed by atoms with Crippen molar-refractivity contribution in [1.29, 1.82) is 5.41 Å². The Balaban J connectivity index is 1.33. The van der Waals surface area contributed by atoms with Crippen LogP contribution in [0.4, 0.5) is 23.2 Å². The minimum atomic E-state index is -5.41. The second kappa shape index (κ2) is 13.0. The molecule has 0 heterocycles. The van der Waals surface area contributed by atoms with Gasteiger partial charge in [-0.2, -0.15) is 13.2 Å². The third kappa shape index (κ3) is 7.10. The predicted octanol–water partition coefficient (Wildman–Crippen LogP) is 7.92. The second-order valence-corrected chi connectivity index (χ2v) is 12.6. The molecular formula is C36H23F4N3O6S. The van der Waals surface area contributed by atoms with E-state index in [2.05, 4.69) is 9.46 Å². The standard InChI is InChI=1S/C36H23F4N3O6S/c37-26-11-13-32(31(19-26)48-28-12-10-22-14-25(33(41)42)9-8-23(22)16-28)50(46,47)43-27-7-3-6-24(15-27)29-17-20-4-1-2-5-21(20)18-30(29)34(44)49-35(45)36(38,39)40/h1-19,43H,(H3,41,42). The summed E-state index contributed by atoms with van der Waals surface area (Å²) >= 11 is 0. The zero-order chi connectivity index (χ0) is 35.8. The largest absolute Gasteiger partial charge is 0.491 e. The van der Waals surface area contributed by atoms with Crippen molar-refractivity contribution in [2.24, 2.45) is 5.73 Å². The lowest BCUT2D eigenvalue weighted by Gasteiger charge is -2.15. The summed E-state index contributed by atoms with van der Waals surface area (Å²) in [5, 5.41) is 10.1. The van der Waals surface area contributed by atoms with E-state index in [4.69, 9.17) is 15.9 Å². The van der Waals surface area contributed by atoms with Crippen molar-refractivity contribution in [3.63, 3.8) is 0 Å². The van der Waals surface area contributed by atoms with Gasteiger partial charge in [0.1, 0.15) is 22.3 Å². The molecule has 0 aromatic heterocycles. The number of nitrogens with one attached hydrogen (secondary N) is 2. The Hall–Kier alpha value is -6.28. The van der Waals surface area contributed by atoms with Crippen LogP contribution in [-0.4, -0.2) is 32.4 Å². The molecule has 0 atom stereocenters. The molecule has 0 aliphatic rings. The summed E-state index contributed by atoms with van der Waals surface area (Å²) in [5.74, 6) is -5.27. The maximum Gasteiger partial charge on any atom is 0.491 e. The van der Waals surface area contributed by atoms with Gasteiger partial charge in [-0.25, -0.2) is 22.4 Å². The van der Waals surface area contributed by atoms with Gasteiger partial charge in [0.05, 0.1) is 5.56 Å². The molecular weight excluding hydrogens is 678 g/mol. The maximum absolute atomic E-state index is 14.4. The molecule has 50 heavy (non-hydrogen) atoms. The number of nitrogen functional groups attached to an aromatic ring is 1. The Morgan fingerprint density at radius 1 is 0.760 bits per heavy atom. The number of sulfonamides is 1. The van der Waals surface area contributed by atoms with E-state index in [-0.39, 0.29) is 39.7 Å². The fourth-order valence-electron chi connectivity index (χ4n) is 5.17. The topological polar surface area (TPSA) is 149 Å². The van der Waals surface area contributed by atoms with Gasteiger partial charge in [0.15, 0.2) is 5.75 Å². The number of anilines is 1. The van der Waals surface area contributed by atoms with Gasteiger partial charge in [-0.05, 0) is 87.3 Å². The fourth-order valence-corrected chi connectivity index (χ4v) is 6.33. The number of nitrogens with two attached hydrogens (primary N) is 1. The van der Waals surface area contributed by atoms with E-state index in [0.29, 0.717) is 21.7 Å². The summed E-state index contributed by atoms with van der Waals surface area (Å²) in [6.07, 6.45) is -5.41. The van der Waals surface area contributed by atoms with Gasteiger partial charge in [-0.1, -0.05) is 54.6 Å². The molecule has 0 aliphatic carbocycles. The summed E-state index contributed by atoms with van der Waals surface area (Å²) in [5.41, 5.74) is 5.93. The summed E-state index contributed by atoms with van der Waals surface area (Å²) in [4.78, 5) is 23.9. The number of alkyl halides is 3. The molecule has 9 nitrogen and oxygen atoms in total. The molecule has 0 amide bonds. The van der Waals surface area contributed by atoms with Crippen LogP contribution < -0.4 is 15.2 Å². The van der Waals surface area contributed by atoms with E-state index in [9.17, 15) is 35.6 Å². The molecule has 252 valence electrons. The molecule has 14 heteroatoms. The number of hydrogen-bond donors (Lipinski definition) is 3. The molecule has 6 rings (SSSR count). The van der Waals surface area contributed by atoms with Gasteiger partial charge < -0.3 is 15.2 Å². The lowest BCUT2D eigenvalue weighted by Crippen LogP contribution is -2.28. The summed E-state index contributed by atoms with van der Waals surface area (Å²) < 4.78 is 92.8. The van der Waals surface area contributed by atoms with E-state index in [1.165, 1.54) is 36.4 Å². The third-order valence-corrected chi connectivity index (χ3v) is 8.91. The molecule has 0 radical (unpaired) electrons. The molecule has 0 saturated carbocycles. The van der Waals surface area contributed by atoms with Crippen LogP contribution in [0.5, 0.6) is 11.5 Å². The highest BCUT2D eigenvalue weighted by molar-refractivity contribution is 7.92. The van der Waals surface area contributed by atoms with Crippen LogP contribution in [0.1, 0.15) is 15.9 Å². The molecule has 0 saturated heterocycles. The Bertz CT molecular complexity index is 2470. The lowest BCUT2D eigenvalue weighted by molar-refractivity contribution is -0.193. The van der Waals surface area contributed by atoms with Crippen molar-refractivity contribution in [2.75, 3.05) is 4.72 Å². The zero-order valence-electron chi connectivity index (χ0n) is 25.4. The first-order chi connectivity index (χ1) is 23.7. The average Bonchev–Trinajstić information content (AvgIpc) is 3.06. The third-order valence-electron chi connectivity index (χ3n) is 7.49. The quantitative estimate of drug-likeness (QED) is 0.0480. The van der Waals surface area contributed by atoms with Crippen LogP contribution in [0.2, 0.25) is 0 Å². The molecule has 0 fully saturated rings. The fraction of sp³-hybridized carbons (Fsp3) is 0.0278. The van der Waals surface area contributed by atoms with Crippen LogP contribution in [0.25, 0.3) is 32.7 Å². The van der Waals surface area contributed by atoms with Crippen LogP contribution in [0.3, 0.4) is 0 Å². The van der Waals surface area contributed by atoms with Gasteiger partial charge >= 0.3 is 18.1 Å². The van der Waals surface area contributed by atoms with E-state index >= 15 is 0 Å². The first-order valence-corrected chi connectivity index (χ1v) is 16.0. The van der Waals surface area contributed by atoms with Crippen molar-refractivity contribution >= 4 is 55.0 Å². The SMILES string of the molecule is N=C(N)c1ccc2cc(Oc3cc(F)ccc3S(=O)(=O)Nc3cccc(-c4cc5ccccc5cc4C(=O)OC(=O)C(F)(F)F)c3)ccc2c1. The highest BCUT2D eigenvalue weighted by Gasteiger charge is 2.43. The van der Waals surface area contributed by atoms with Crippen LogP contribution >= 0.6 is 0 Å². The Labute approximate surface area is 281 Å². The number of hydrogen-bond acceptors (Lipinski definition) is 7. The summed E-state index contributed by atoms with van der Waals surface area (Å²) in [6.45, 7) is 0. The number of ether oxygens (including phenoxy) is 2. The molecule has 0 bridgehead atoms. The predicted molar refractivity (Wildman–Crippen MR) is 178 cm³/mol. The molecule has 6 aromatic carbocycles. The minimum Gasteiger partial charge on any atom is -0.456 e. The number of amidine groups is 1. The Morgan fingerprint density at radius 2 is 1.44 bits per heavy atom. The number of carbonyl (C=O) groups is 2. The molecule has 6 aromatic rings. The Morgan fingerprint density at radius 3 is 2.16 bits per heavy atom. The molecule has 4 N–H and O–H groups in total. The van der Waals surface area contributed by atoms with Crippen molar-refractivity contribution in [3.8, 4) is 22.6 Å². The van der Waals surface area contributed by atoms with E-state index in [0.717, 1.165) is 23.6 Å². The summed E-state index contributed by atoms with van der Waals surface area (Å²) in [7, 11) is -4.47. The van der Waals surface area contributed by atoms with E-state index in [1.807, 2.05) is 0 Å². The first kappa shape index (κ1) is 33.6. The van der Waals surface area contributed by atoms with Crippen LogP contribution in [-0.2, 0) is 19.6 Å². The van der Waals surface area contributed by atoms with Gasteiger partial charge in [0.25, 0.3) is 10.0 Å². The first-order valence-electron chi connectivity index (χ1n) is 14.5. The highest BCUT2D eigenvalue weighted by Crippen LogP contribution is 2.35. The number of esters is 2. The monoisotopic (exact) mass is 701 g/mol. The van der Waals surface area contributed by atoms with Gasteiger partial charge in [-0.15, -0.1) is 0 Å². The summed E-state index contributed by atoms with van der Waals surface area (Å²) in [6, 6.07) is 27.8. The van der Waals surface area contributed by atoms with Crippen molar-refractivity contribution in [1.82, 2.24) is 0 Å². The van der Waals surface area contributed by atoms with Gasteiger partial charge in [0.2, 0.25) is 0 Å². The van der Waals surface area contributed by atoms with E-state index in [1.54, 1.807) is 60.7 Å². The van der Waals surface area contributed by atoms with Gasteiger partial charge in [0, 0.05) is 17.3 Å². The molecule has 0 aliphatic heterocycles. The van der Waals surface area contributed by atoms with Crippen molar-refractivity contribution in [2.45, 2.75) is 11.1 Å². The Kier molecular flexibility index (Phi) is 8.72. The van der Waals surface area contributed by atoms with Gasteiger partial charge in [-0.3, -0.25) is 10.1 Å². The maximum atomic E-state index is 14.4. The van der Waals surface area contributed by atoms with Crippen LogP contribution in [0, 0.1) is 11.2 Å². The number of fused-ring (bicyclic) bond motifs is 2. The van der Waals surface area contributed by atoms with Crippen molar-refractivity contribution < 1.29 is 45.0 Å². The number of benzene rings is 6. The highest BCUT2D eigenvalue weighted by atomic mass is 32.2.